The number of nitrogens with zero attached hydrogens (tertiary/aromatic N) is 2. The Kier molecular flexibility index (Phi) is 3.38. The van der Waals surface area contributed by atoms with Crippen LogP contribution in [-0.2, 0) is 6.42 Å². The van der Waals surface area contributed by atoms with Crippen LogP contribution in [0, 0.1) is 13.8 Å². The normalized spacial score (nSPS) is 11.8. The maximum atomic E-state index is 12.3. The third kappa shape index (κ3) is 3.07. The number of halogens is 3. The molecule has 0 amide bonds. The van der Waals surface area contributed by atoms with Crippen LogP contribution in [0.25, 0.3) is 10.6 Å². The zero-order valence-electron chi connectivity index (χ0n) is 9.88. The SMILES string of the molecule is Cc1ncc(C)c(-c2cc(CC(F)(F)F)cs2)n1. The summed E-state index contributed by atoms with van der Waals surface area (Å²) in [5.74, 6) is 0.612. The Morgan fingerprint density at radius 1 is 1.28 bits per heavy atom. The summed E-state index contributed by atoms with van der Waals surface area (Å²) in [4.78, 5) is 9.06. The highest BCUT2D eigenvalue weighted by molar-refractivity contribution is 7.13. The molecule has 2 nitrogen and oxygen atoms in total. The molecule has 0 aliphatic heterocycles. The van der Waals surface area contributed by atoms with E-state index in [1.807, 2.05) is 6.92 Å². The summed E-state index contributed by atoms with van der Waals surface area (Å²) in [5, 5.41) is 1.53. The Morgan fingerprint density at radius 2 is 2.00 bits per heavy atom. The van der Waals surface area contributed by atoms with Crippen molar-refractivity contribution in [3.63, 3.8) is 0 Å². The fourth-order valence-corrected chi connectivity index (χ4v) is 2.57. The summed E-state index contributed by atoms with van der Waals surface area (Å²) in [5.41, 5.74) is 1.85. The Balaban J connectivity index is 2.32. The van der Waals surface area contributed by atoms with Crippen LogP contribution < -0.4 is 0 Å². The van der Waals surface area contributed by atoms with Gasteiger partial charge >= 0.3 is 6.18 Å². The van der Waals surface area contributed by atoms with Crippen molar-refractivity contribution in [2.45, 2.75) is 26.4 Å². The third-order valence-corrected chi connectivity index (χ3v) is 3.37. The summed E-state index contributed by atoms with van der Waals surface area (Å²) < 4.78 is 36.8. The van der Waals surface area contributed by atoms with E-state index >= 15 is 0 Å². The van der Waals surface area contributed by atoms with E-state index < -0.39 is 12.6 Å². The lowest BCUT2D eigenvalue weighted by atomic mass is 10.1. The van der Waals surface area contributed by atoms with Crippen molar-refractivity contribution < 1.29 is 13.2 Å². The van der Waals surface area contributed by atoms with E-state index in [9.17, 15) is 13.2 Å². The zero-order valence-corrected chi connectivity index (χ0v) is 10.7. The molecule has 0 aliphatic rings. The first-order chi connectivity index (χ1) is 8.35. The molecule has 96 valence electrons. The molecule has 18 heavy (non-hydrogen) atoms. The van der Waals surface area contributed by atoms with Crippen molar-refractivity contribution >= 4 is 11.3 Å². The van der Waals surface area contributed by atoms with Gasteiger partial charge in [-0.3, -0.25) is 0 Å². The van der Waals surface area contributed by atoms with E-state index in [-0.39, 0.29) is 5.56 Å². The van der Waals surface area contributed by atoms with Gasteiger partial charge in [0.25, 0.3) is 0 Å². The van der Waals surface area contributed by atoms with E-state index in [2.05, 4.69) is 9.97 Å². The van der Waals surface area contributed by atoms with Crippen molar-refractivity contribution in [3.05, 3.63) is 34.6 Å². The van der Waals surface area contributed by atoms with E-state index in [0.29, 0.717) is 11.5 Å². The fourth-order valence-electron chi connectivity index (χ4n) is 1.60. The van der Waals surface area contributed by atoms with E-state index in [0.717, 1.165) is 10.4 Å². The Hall–Kier alpha value is -1.43. The Morgan fingerprint density at radius 3 is 2.67 bits per heavy atom. The maximum absolute atomic E-state index is 12.3. The summed E-state index contributed by atoms with van der Waals surface area (Å²) in [6.07, 6.45) is -3.39. The van der Waals surface area contributed by atoms with Gasteiger partial charge < -0.3 is 0 Å². The Labute approximate surface area is 107 Å². The highest BCUT2D eigenvalue weighted by Gasteiger charge is 2.28. The number of aromatic nitrogens is 2. The molecule has 0 saturated carbocycles. The zero-order chi connectivity index (χ0) is 13.3. The van der Waals surface area contributed by atoms with Gasteiger partial charge in [-0.25, -0.2) is 9.97 Å². The molecule has 0 fully saturated rings. The number of aryl methyl sites for hydroxylation is 2. The second-order valence-electron chi connectivity index (χ2n) is 4.06. The van der Waals surface area contributed by atoms with Crippen molar-refractivity contribution in [3.8, 4) is 10.6 Å². The predicted octanol–water partition coefficient (Wildman–Crippen LogP) is 3.93. The molecule has 0 unspecified atom stereocenters. The molecule has 0 saturated heterocycles. The molecule has 2 aromatic heterocycles. The van der Waals surface area contributed by atoms with Gasteiger partial charge in [0.15, 0.2) is 0 Å². The fraction of sp³-hybridized carbons (Fsp3) is 0.333. The molecular formula is C12H11F3N2S. The van der Waals surface area contributed by atoms with Gasteiger partial charge in [0.1, 0.15) is 5.82 Å². The molecule has 2 aromatic rings. The summed E-state index contributed by atoms with van der Waals surface area (Å²) >= 11 is 1.28. The van der Waals surface area contributed by atoms with Crippen LogP contribution in [0.1, 0.15) is 17.0 Å². The van der Waals surface area contributed by atoms with Crippen LogP contribution >= 0.6 is 11.3 Å². The van der Waals surface area contributed by atoms with Gasteiger partial charge in [-0.2, -0.15) is 13.2 Å². The lowest BCUT2D eigenvalue weighted by Gasteiger charge is -2.03. The quantitative estimate of drug-likeness (QED) is 0.828. The first-order valence-electron chi connectivity index (χ1n) is 5.30. The van der Waals surface area contributed by atoms with Crippen molar-refractivity contribution in [2.75, 3.05) is 0 Å². The van der Waals surface area contributed by atoms with Crippen LogP contribution in [0.3, 0.4) is 0 Å². The molecule has 6 heteroatoms. The largest absolute Gasteiger partial charge is 0.393 e. The summed E-state index contributed by atoms with van der Waals surface area (Å²) in [6.45, 7) is 3.60. The average Bonchev–Trinajstić information content (AvgIpc) is 2.67. The minimum absolute atomic E-state index is 0.276. The molecule has 0 atom stereocenters. The number of alkyl halides is 3. The van der Waals surface area contributed by atoms with Crippen LogP contribution in [0.4, 0.5) is 13.2 Å². The molecule has 0 aliphatic carbocycles. The van der Waals surface area contributed by atoms with E-state index in [1.165, 1.54) is 16.7 Å². The standard InChI is InChI=1S/C12H11F3N2S/c1-7-5-16-8(2)17-11(7)10-3-9(6-18-10)4-12(13,14)15/h3,5-6H,4H2,1-2H3. The summed E-state index contributed by atoms with van der Waals surface area (Å²) in [7, 11) is 0. The number of hydrogen-bond donors (Lipinski definition) is 0. The van der Waals surface area contributed by atoms with Crippen LogP contribution in [0.15, 0.2) is 17.6 Å². The monoisotopic (exact) mass is 272 g/mol. The lowest BCUT2D eigenvalue weighted by molar-refractivity contribution is -0.127. The van der Waals surface area contributed by atoms with E-state index in [1.54, 1.807) is 19.2 Å². The smallest absolute Gasteiger partial charge is 0.241 e. The molecule has 0 N–H and O–H groups in total. The minimum Gasteiger partial charge on any atom is -0.241 e. The van der Waals surface area contributed by atoms with Crippen molar-refractivity contribution in [1.82, 2.24) is 9.97 Å². The second kappa shape index (κ2) is 4.68. The van der Waals surface area contributed by atoms with Gasteiger partial charge in [0.2, 0.25) is 0 Å². The molecule has 0 bridgehead atoms. The van der Waals surface area contributed by atoms with Gasteiger partial charge in [0.05, 0.1) is 17.0 Å². The summed E-state index contributed by atoms with van der Waals surface area (Å²) in [6, 6.07) is 1.55. The van der Waals surface area contributed by atoms with Gasteiger partial charge in [-0.05, 0) is 36.4 Å². The first kappa shape index (κ1) is 13.0. The van der Waals surface area contributed by atoms with Gasteiger partial charge in [0, 0.05) is 6.20 Å². The highest BCUT2D eigenvalue weighted by Crippen LogP contribution is 2.31. The van der Waals surface area contributed by atoms with Crippen LogP contribution in [0.2, 0.25) is 0 Å². The van der Waals surface area contributed by atoms with Crippen molar-refractivity contribution in [2.24, 2.45) is 0 Å². The maximum Gasteiger partial charge on any atom is 0.393 e. The second-order valence-corrected chi connectivity index (χ2v) is 4.97. The molecular weight excluding hydrogens is 261 g/mol. The third-order valence-electron chi connectivity index (χ3n) is 2.38. The lowest BCUT2D eigenvalue weighted by Crippen LogP contribution is -2.10. The predicted molar refractivity (Wildman–Crippen MR) is 64.6 cm³/mol. The molecule has 0 radical (unpaired) electrons. The Bertz CT molecular complexity index is 561. The first-order valence-corrected chi connectivity index (χ1v) is 6.18. The van der Waals surface area contributed by atoms with Crippen molar-refractivity contribution in [1.29, 1.82) is 0 Å². The van der Waals surface area contributed by atoms with Crippen LogP contribution in [-0.4, -0.2) is 16.1 Å². The number of hydrogen-bond acceptors (Lipinski definition) is 3. The number of thiophene rings is 1. The average molecular weight is 272 g/mol. The molecule has 0 aromatic carbocycles. The van der Waals surface area contributed by atoms with Crippen LogP contribution in [0.5, 0.6) is 0 Å². The minimum atomic E-state index is -4.17. The molecule has 2 rings (SSSR count). The van der Waals surface area contributed by atoms with Gasteiger partial charge in [-0.1, -0.05) is 0 Å². The molecule has 2 heterocycles. The van der Waals surface area contributed by atoms with Gasteiger partial charge in [-0.15, -0.1) is 11.3 Å². The highest BCUT2D eigenvalue weighted by atomic mass is 32.1. The number of rotatable bonds is 2. The topological polar surface area (TPSA) is 25.8 Å². The molecule has 0 spiro atoms. The van der Waals surface area contributed by atoms with E-state index in [4.69, 9.17) is 0 Å².